The molecule has 0 spiro atoms. The molecule has 2 aromatic carbocycles. The number of hydrogen-bond acceptors (Lipinski definition) is 4. The maximum atomic E-state index is 11.0. The Morgan fingerprint density at radius 2 is 1.84 bits per heavy atom. The van der Waals surface area contributed by atoms with E-state index in [2.05, 4.69) is 10.1 Å². The largest absolute Gasteiger partial charge is 0.270 e. The fourth-order valence-corrected chi connectivity index (χ4v) is 2.94. The Hall–Kier alpha value is -3.25. The van der Waals surface area contributed by atoms with Gasteiger partial charge in [0.15, 0.2) is 5.65 Å². The Morgan fingerprint density at radius 3 is 2.64 bits per heavy atom. The van der Waals surface area contributed by atoms with E-state index in [4.69, 9.17) is 11.6 Å². The highest BCUT2D eigenvalue weighted by Crippen LogP contribution is 2.29. The summed E-state index contributed by atoms with van der Waals surface area (Å²) in [5.41, 5.74) is 3.86. The molecular weight excluding hydrogens is 340 g/mol. The van der Waals surface area contributed by atoms with Crippen LogP contribution in [0.2, 0.25) is 5.02 Å². The van der Waals surface area contributed by atoms with Crippen molar-refractivity contribution < 1.29 is 4.92 Å². The molecule has 7 heteroatoms. The zero-order valence-electron chi connectivity index (χ0n) is 12.8. The molecule has 0 unspecified atom stereocenters. The van der Waals surface area contributed by atoms with Crippen molar-refractivity contribution in [2.24, 2.45) is 0 Å². The smallest absolute Gasteiger partial charge is 0.258 e. The summed E-state index contributed by atoms with van der Waals surface area (Å²) in [4.78, 5) is 15.0. The van der Waals surface area contributed by atoms with Crippen molar-refractivity contribution in [3.8, 4) is 22.4 Å². The molecule has 0 aliphatic heterocycles. The Labute approximate surface area is 147 Å². The van der Waals surface area contributed by atoms with Crippen molar-refractivity contribution in [2.45, 2.75) is 0 Å². The summed E-state index contributed by atoms with van der Waals surface area (Å²) in [7, 11) is 0. The van der Waals surface area contributed by atoms with Crippen LogP contribution in [-0.2, 0) is 0 Å². The second-order valence-corrected chi connectivity index (χ2v) is 5.88. The highest BCUT2D eigenvalue weighted by atomic mass is 35.5. The van der Waals surface area contributed by atoms with Gasteiger partial charge in [-0.15, -0.1) is 0 Å². The van der Waals surface area contributed by atoms with Gasteiger partial charge in [-0.2, -0.15) is 5.10 Å². The molecule has 0 bridgehead atoms. The number of aromatic nitrogens is 3. The predicted octanol–water partition coefficient (Wildman–Crippen LogP) is 4.62. The van der Waals surface area contributed by atoms with Gasteiger partial charge in [0.25, 0.3) is 5.69 Å². The van der Waals surface area contributed by atoms with Gasteiger partial charge in [-0.1, -0.05) is 35.9 Å². The van der Waals surface area contributed by atoms with Crippen molar-refractivity contribution in [3.63, 3.8) is 0 Å². The van der Waals surface area contributed by atoms with Crippen molar-refractivity contribution >= 4 is 22.9 Å². The summed E-state index contributed by atoms with van der Waals surface area (Å²) in [5.74, 6) is 0. The van der Waals surface area contributed by atoms with Gasteiger partial charge in [0.2, 0.25) is 0 Å². The molecule has 4 rings (SSSR count). The average molecular weight is 351 g/mol. The van der Waals surface area contributed by atoms with Crippen LogP contribution in [0.25, 0.3) is 28.0 Å². The van der Waals surface area contributed by atoms with Gasteiger partial charge >= 0.3 is 0 Å². The van der Waals surface area contributed by atoms with Crippen molar-refractivity contribution in [1.82, 2.24) is 14.6 Å². The van der Waals surface area contributed by atoms with Crippen LogP contribution in [-0.4, -0.2) is 19.5 Å². The zero-order valence-corrected chi connectivity index (χ0v) is 13.6. The third-order valence-electron chi connectivity index (χ3n) is 3.89. The SMILES string of the molecule is O=[N+]([O-])c1cccc(-c2ccnc3c(-c4cccc(Cl)c4)cnn23)c1. The number of nitro groups is 1. The minimum absolute atomic E-state index is 0.0321. The lowest BCUT2D eigenvalue weighted by molar-refractivity contribution is -0.384. The number of fused-ring (bicyclic) bond motifs is 1. The lowest BCUT2D eigenvalue weighted by Crippen LogP contribution is -1.96. The maximum absolute atomic E-state index is 11.0. The Bertz CT molecular complexity index is 1110. The number of rotatable bonds is 3. The quantitative estimate of drug-likeness (QED) is 0.399. The maximum Gasteiger partial charge on any atom is 0.270 e. The summed E-state index contributed by atoms with van der Waals surface area (Å²) < 4.78 is 1.68. The molecule has 122 valence electrons. The van der Waals surface area contributed by atoms with Crippen LogP contribution >= 0.6 is 11.6 Å². The second-order valence-electron chi connectivity index (χ2n) is 5.44. The molecule has 0 fully saturated rings. The number of non-ortho nitro benzene ring substituents is 1. The van der Waals surface area contributed by atoms with E-state index in [0.29, 0.717) is 16.2 Å². The van der Waals surface area contributed by atoms with E-state index in [1.54, 1.807) is 35.1 Å². The van der Waals surface area contributed by atoms with Crippen LogP contribution < -0.4 is 0 Å². The first kappa shape index (κ1) is 15.3. The number of halogens is 1. The molecule has 0 aliphatic rings. The van der Waals surface area contributed by atoms with E-state index in [-0.39, 0.29) is 5.69 Å². The number of hydrogen-bond donors (Lipinski definition) is 0. The summed E-state index contributed by atoms with van der Waals surface area (Å²) in [6.45, 7) is 0. The van der Waals surface area contributed by atoms with E-state index in [0.717, 1.165) is 16.8 Å². The fraction of sp³-hybridized carbons (Fsp3) is 0. The van der Waals surface area contributed by atoms with Gasteiger partial charge in [0, 0.05) is 34.5 Å². The zero-order chi connectivity index (χ0) is 17.4. The molecule has 0 amide bonds. The number of nitrogens with zero attached hydrogens (tertiary/aromatic N) is 4. The molecule has 0 saturated carbocycles. The Balaban J connectivity index is 1.90. The number of nitro benzene ring substituents is 1. The Morgan fingerprint density at radius 1 is 1.04 bits per heavy atom. The van der Waals surface area contributed by atoms with Crippen molar-refractivity contribution in [1.29, 1.82) is 0 Å². The third kappa shape index (κ3) is 2.72. The standard InChI is InChI=1S/C18H11ClN4O2/c19-14-5-1-3-12(9-14)16-11-21-22-17(7-8-20-18(16)22)13-4-2-6-15(10-13)23(24)25/h1-11H. The third-order valence-corrected chi connectivity index (χ3v) is 4.12. The van der Waals surface area contributed by atoms with Crippen molar-refractivity contribution in [2.75, 3.05) is 0 Å². The lowest BCUT2D eigenvalue weighted by Gasteiger charge is -2.05. The molecule has 25 heavy (non-hydrogen) atoms. The molecule has 4 aromatic rings. The van der Waals surface area contributed by atoms with Gasteiger partial charge < -0.3 is 0 Å². The molecule has 0 aliphatic carbocycles. The second kappa shape index (κ2) is 5.99. The summed E-state index contributed by atoms with van der Waals surface area (Å²) >= 11 is 6.08. The topological polar surface area (TPSA) is 73.3 Å². The molecule has 0 N–H and O–H groups in total. The average Bonchev–Trinajstić information content (AvgIpc) is 3.06. The highest BCUT2D eigenvalue weighted by Gasteiger charge is 2.14. The first-order chi connectivity index (χ1) is 12.1. The molecule has 2 heterocycles. The highest BCUT2D eigenvalue weighted by molar-refractivity contribution is 6.30. The van der Waals surface area contributed by atoms with Gasteiger partial charge in [-0.25, -0.2) is 9.50 Å². The summed E-state index contributed by atoms with van der Waals surface area (Å²) in [6, 6.07) is 15.7. The molecule has 0 atom stereocenters. The van der Waals surface area contributed by atoms with Gasteiger partial charge in [0.1, 0.15) is 0 Å². The summed E-state index contributed by atoms with van der Waals surface area (Å²) in [6.07, 6.45) is 3.38. The van der Waals surface area contributed by atoms with Crippen molar-refractivity contribution in [3.05, 3.63) is 82.1 Å². The molecule has 2 aromatic heterocycles. The van der Waals surface area contributed by atoms with Gasteiger partial charge in [-0.3, -0.25) is 10.1 Å². The van der Waals surface area contributed by atoms with E-state index in [1.807, 2.05) is 24.3 Å². The van der Waals surface area contributed by atoms with E-state index < -0.39 is 4.92 Å². The van der Waals surface area contributed by atoms with Crippen LogP contribution in [0.3, 0.4) is 0 Å². The fourth-order valence-electron chi connectivity index (χ4n) is 2.75. The molecule has 6 nitrogen and oxygen atoms in total. The van der Waals surface area contributed by atoms with E-state index in [9.17, 15) is 10.1 Å². The van der Waals surface area contributed by atoms with Crippen LogP contribution in [0.5, 0.6) is 0 Å². The number of benzene rings is 2. The van der Waals surface area contributed by atoms with Crippen LogP contribution in [0.15, 0.2) is 67.0 Å². The predicted molar refractivity (Wildman–Crippen MR) is 95.5 cm³/mol. The normalized spacial score (nSPS) is 10.9. The first-order valence-electron chi connectivity index (χ1n) is 7.47. The molecule has 0 saturated heterocycles. The lowest BCUT2D eigenvalue weighted by atomic mass is 10.1. The van der Waals surface area contributed by atoms with Crippen LogP contribution in [0.1, 0.15) is 0 Å². The monoisotopic (exact) mass is 350 g/mol. The van der Waals surface area contributed by atoms with Crippen LogP contribution in [0.4, 0.5) is 5.69 Å². The van der Waals surface area contributed by atoms with E-state index >= 15 is 0 Å². The van der Waals surface area contributed by atoms with E-state index in [1.165, 1.54) is 12.1 Å². The van der Waals surface area contributed by atoms with Gasteiger partial charge in [-0.05, 0) is 23.8 Å². The minimum atomic E-state index is -0.414. The molecular formula is C18H11ClN4O2. The minimum Gasteiger partial charge on any atom is -0.258 e. The summed E-state index contributed by atoms with van der Waals surface area (Å²) in [5, 5.41) is 16.1. The molecule has 0 radical (unpaired) electrons. The first-order valence-corrected chi connectivity index (χ1v) is 7.85. The van der Waals surface area contributed by atoms with Gasteiger partial charge in [0.05, 0.1) is 16.8 Å². The van der Waals surface area contributed by atoms with Crippen LogP contribution in [0, 0.1) is 10.1 Å². The Kier molecular flexibility index (Phi) is 3.66.